The number of anilines is 1. The fraction of sp³-hybridized carbons (Fsp3) is 0.444. The van der Waals surface area contributed by atoms with Crippen molar-refractivity contribution >= 4 is 5.88 Å². The van der Waals surface area contributed by atoms with Crippen LogP contribution in [0.3, 0.4) is 0 Å². The third-order valence-corrected chi connectivity index (χ3v) is 4.10. The second-order valence-corrected chi connectivity index (χ2v) is 6.44. The lowest BCUT2D eigenvalue weighted by Crippen LogP contribution is -2.38. The number of hydrogen-bond donors (Lipinski definition) is 0. The molecule has 2 aromatic rings. The van der Waals surface area contributed by atoms with Gasteiger partial charge in [-0.05, 0) is 30.4 Å². The van der Waals surface area contributed by atoms with Gasteiger partial charge in [0, 0.05) is 13.1 Å². The lowest BCUT2D eigenvalue weighted by Gasteiger charge is -2.34. The van der Waals surface area contributed by atoms with E-state index in [-0.39, 0.29) is 23.9 Å². The number of nitriles is 1. The molecule has 2 atom stereocenters. The van der Waals surface area contributed by atoms with Crippen LogP contribution < -0.4 is 9.64 Å². The van der Waals surface area contributed by atoms with Gasteiger partial charge < -0.3 is 14.1 Å². The minimum absolute atomic E-state index is 0.0193. The van der Waals surface area contributed by atoms with E-state index in [1.165, 1.54) is 6.07 Å². The van der Waals surface area contributed by atoms with E-state index in [0.717, 1.165) is 19.5 Å². The zero-order valence-electron chi connectivity index (χ0n) is 13.8. The molecule has 1 aromatic heterocycles. The number of oxazole rings is 1. The van der Waals surface area contributed by atoms with E-state index in [4.69, 9.17) is 9.15 Å². The van der Waals surface area contributed by atoms with Gasteiger partial charge in [-0.2, -0.15) is 10.2 Å². The number of benzene rings is 1. The Labute approximate surface area is 140 Å². The van der Waals surface area contributed by atoms with Gasteiger partial charge in [-0.3, -0.25) is 0 Å². The third kappa shape index (κ3) is 3.51. The van der Waals surface area contributed by atoms with Crippen LogP contribution in [0.2, 0.25) is 0 Å². The molecule has 6 heteroatoms. The number of aromatic nitrogens is 1. The van der Waals surface area contributed by atoms with Gasteiger partial charge in [-0.25, -0.2) is 4.39 Å². The molecule has 2 heterocycles. The van der Waals surface area contributed by atoms with E-state index in [1.54, 1.807) is 18.2 Å². The Morgan fingerprint density at radius 2 is 2.04 bits per heavy atom. The lowest BCUT2D eigenvalue weighted by atomic mass is 9.92. The van der Waals surface area contributed by atoms with Crippen molar-refractivity contribution in [2.45, 2.75) is 26.9 Å². The summed E-state index contributed by atoms with van der Waals surface area (Å²) in [6, 6.07) is 8.23. The van der Waals surface area contributed by atoms with Crippen LogP contribution in [-0.2, 0) is 6.61 Å². The summed E-state index contributed by atoms with van der Waals surface area (Å²) in [7, 11) is 0. The molecule has 0 bridgehead atoms. The van der Waals surface area contributed by atoms with E-state index in [0.29, 0.717) is 17.7 Å². The molecule has 0 spiro atoms. The molecule has 0 aliphatic carbocycles. The Bertz CT molecular complexity index is 743. The van der Waals surface area contributed by atoms with Crippen LogP contribution in [-0.4, -0.2) is 18.1 Å². The smallest absolute Gasteiger partial charge is 0.236 e. The lowest BCUT2D eigenvalue weighted by molar-refractivity contribution is 0.250. The average molecular weight is 329 g/mol. The number of rotatable bonds is 4. The van der Waals surface area contributed by atoms with Crippen LogP contribution in [0.25, 0.3) is 0 Å². The zero-order valence-corrected chi connectivity index (χ0v) is 13.8. The number of ether oxygens (including phenoxy) is 1. The standard InChI is InChI=1S/C18H20FN3O2/c1-12-7-13(2)10-22(9-12)18-15(8-20)21-17(24-18)11-23-16-6-4-3-5-14(16)19/h3-6,12-13H,7,9-11H2,1-2H3/t12-,13-/m0/s1. The molecule has 24 heavy (non-hydrogen) atoms. The molecule has 1 aliphatic rings. The Morgan fingerprint density at radius 3 is 2.71 bits per heavy atom. The molecule has 1 fully saturated rings. The monoisotopic (exact) mass is 329 g/mol. The molecule has 0 N–H and O–H groups in total. The highest BCUT2D eigenvalue weighted by Crippen LogP contribution is 2.29. The number of hydrogen-bond acceptors (Lipinski definition) is 5. The highest BCUT2D eigenvalue weighted by molar-refractivity contribution is 5.48. The molecule has 0 unspecified atom stereocenters. The van der Waals surface area contributed by atoms with Crippen LogP contribution >= 0.6 is 0 Å². The van der Waals surface area contributed by atoms with Crippen molar-refractivity contribution in [1.29, 1.82) is 5.26 Å². The Morgan fingerprint density at radius 1 is 1.33 bits per heavy atom. The molecule has 5 nitrogen and oxygen atoms in total. The number of para-hydroxylation sites is 1. The SMILES string of the molecule is C[C@H]1C[C@H](C)CN(c2oc(COc3ccccc3F)nc2C#N)C1. The van der Waals surface area contributed by atoms with Gasteiger partial charge in [-0.15, -0.1) is 0 Å². The zero-order chi connectivity index (χ0) is 17.1. The van der Waals surface area contributed by atoms with Gasteiger partial charge in [0.05, 0.1) is 0 Å². The van der Waals surface area contributed by atoms with Crippen LogP contribution in [0.5, 0.6) is 5.75 Å². The molecule has 0 saturated carbocycles. The van der Waals surface area contributed by atoms with E-state index in [2.05, 4.69) is 29.8 Å². The summed E-state index contributed by atoms with van der Waals surface area (Å²) in [5.41, 5.74) is 0.253. The summed E-state index contributed by atoms with van der Waals surface area (Å²) in [6.07, 6.45) is 1.16. The predicted octanol–water partition coefficient (Wildman–Crippen LogP) is 3.75. The molecular formula is C18H20FN3O2. The van der Waals surface area contributed by atoms with E-state index in [9.17, 15) is 9.65 Å². The summed E-state index contributed by atoms with van der Waals surface area (Å²) in [5.74, 6) is 1.52. The fourth-order valence-corrected chi connectivity index (χ4v) is 3.23. The Hall–Kier alpha value is -2.55. The first-order valence-corrected chi connectivity index (χ1v) is 8.09. The van der Waals surface area contributed by atoms with Gasteiger partial charge in [0.15, 0.2) is 18.2 Å². The molecule has 1 aromatic carbocycles. The van der Waals surface area contributed by atoms with Gasteiger partial charge in [0.25, 0.3) is 0 Å². The summed E-state index contributed by atoms with van der Waals surface area (Å²) in [6.45, 7) is 6.03. The summed E-state index contributed by atoms with van der Waals surface area (Å²) < 4.78 is 24.7. The molecule has 126 valence electrons. The van der Waals surface area contributed by atoms with Gasteiger partial charge >= 0.3 is 0 Å². The fourth-order valence-electron chi connectivity index (χ4n) is 3.23. The second-order valence-electron chi connectivity index (χ2n) is 6.44. The molecule has 0 radical (unpaired) electrons. The first kappa shape index (κ1) is 16.3. The van der Waals surface area contributed by atoms with E-state index < -0.39 is 5.82 Å². The van der Waals surface area contributed by atoms with Crippen molar-refractivity contribution in [2.24, 2.45) is 11.8 Å². The summed E-state index contributed by atoms with van der Waals surface area (Å²) in [5, 5.41) is 9.32. The molecule has 0 amide bonds. The van der Waals surface area contributed by atoms with Crippen molar-refractivity contribution in [3.05, 3.63) is 41.7 Å². The molecule has 1 saturated heterocycles. The second kappa shape index (κ2) is 6.91. The van der Waals surface area contributed by atoms with Gasteiger partial charge in [0.1, 0.15) is 6.07 Å². The van der Waals surface area contributed by atoms with Crippen molar-refractivity contribution < 1.29 is 13.5 Å². The van der Waals surface area contributed by atoms with Crippen molar-refractivity contribution in [3.8, 4) is 11.8 Å². The van der Waals surface area contributed by atoms with Crippen molar-refractivity contribution in [1.82, 2.24) is 4.98 Å². The third-order valence-electron chi connectivity index (χ3n) is 4.10. The highest BCUT2D eigenvalue weighted by atomic mass is 19.1. The minimum atomic E-state index is -0.441. The van der Waals surface area contributed by atoms with Crippen LogP contribution in [0, 0.1) is 29.0 Å². The van der Waals surface area contributed by atoms with Crippen molar-refractivity contribution in [3.63, 3.8) is 0 Å². The Balaban J connectivity index is 1.76. The van der Waals surface area contributed by atoms with Gasteiger partial charge in [0.2, 0.25) is 17.5 Å². The van der Waals surface area contributed by atoms with Gasteiger partial charge in [-0.1, -0.05) is 26.0 Å². The number of piperidine rings is 1. The van der Waals surface area contributed by atoms with Crippen LogP contribution in [0.4, 0.5) is 10.3 Å². The molecule has 3 rings (SSSR count). The number of halogens is 1. The summed E-state index contributed by atoms with van der Waals surface area (Å²) in [4.78, 5) is 6.25. The maximum Gasteiger partial charge on any atom is 0.236 e. The normalized spacial score (nSPS) is 20.7. The molecular weight excluding hydrogens is 309 g/mol. The van der Waals surface area contributed by atoms with E-state index >= 15 is 0 Å². The van der Waals surface area contributed by atoms with Crippen LogP contribution in [0.15, 0.2) is 28.7 Å². The maximum absolute atomic E-state index is 13.6. The topological polar surface area (TPSA) is 62.3 Å². The largest absolute Gasteiger partial charge is 0.481 e. The first-order chi connectivity index (χ1) is 11.6. The first-order valence-electron chi connectivity index (χ1n) is 8.09. The summed E-state index contributed by atoms with van der Waals surface area (Å²) >= 11 is 0. The number of nitrogens with zero attached hydrogens (tertiary/aromatic N) is 3. The minimum Gasteiger partial charge on any atom is -0.481 e. The van der Waals surface area contributed by atoms with E-state index in [1.807, 2.05) is 0 Å². The van der Waals surface area contributed by atoms with Crippen LogP contribution in [0.1, 0.15) is 31.9 Å². The maximum atomic E-state index is 13.6. The highest BCUT2D eigenvalue weighted by Gasteiger charge is 2.27. The van der Waals surface area contributed by atoms with Crippen molar-refractivity contribution in [2.75, 3.05) is 18.0 Å². The molecule has 1 aliphatic heterocycles. The predicted molar refractivity (Wildman–Crippen MR) is 87.1 cm³/mol. The quantitative estimate of drug-likeness (QED) is 0.855. The average Bonchev–Trinajstić information content (AvgIpc) is 2.96. The Kier molecular flexibility index (Phi) is 4.70.